The molecule has 0 saturated carbocycles. The Labute approximate surface area is 79.1 Å². The summed E-state index contributed by atoms with van der Waals surface area (Å²) in [7, 11) is 1.66. The van der Waals surface area contributed by atoms with Gasteiger partial charge in [0.2, 0.25) is 5.91 Å². The van der Waals surface area contributed by atoms with Crippen molar-refractivity contribution >= 4 is 5.91 Å². The first kappa shape index (κ1) is 10.1. The van der Waals surface area contributed by atoms with E-state index >= 15 is 0 Å². The number of carbonyl (C=O) groups is 1. The van der Waals surface area contributed by atoms with E-state index in [2.05, 4.69) is 5.92 Å². The Hall–Kier alpha value is -1.01. The molecule has 1 rings (SSSR count). The maximum absolute atomic E-state index is 11.3. The van der Waals surface area contributed by atoms with Crippen LogP contribution in [0.1, 0.15) is 12.8 Å². The number of terminal acetylenes is 1. The van der Waals surface area contributed by atoms with Crippen LogP contribution < -0.4 is 0 Å². The maximum atomic E-state index is 11.3. The van der Waals surface area contributed by atoms with Crippen LogP contribution in [0.25, 0.3) is 0 Å². The van der Waals surface area contributed by atoms with Gasteiger partial charge in [-0.3, -0.25) is 4.79 Å². The van der Waals surface area contributed by atoms with Gasteiger partial charge in [0.25, 0.3) is 0 Å². The highest BCUT2D eigenvalue weighted by atomic mass is 16.5. The maximum Gasteiger partial charge on any atom is 0.223 e. The van der Waals surface area contributed by atoms with Crippen LogP contribution in [0.5, 0.6) is 0 Å². The Kier molecular flexibility index (Phi) is 3.78. The monoisotopic (exact) mass is 181 g/mol. The normalized spacial score (nSPS) is 22.0. The third-order valence-electron chi connectivity index (χ3n) is 2.23. The zero-order valence-electron chi connectivity index (χ0n) is 7.95. The highest BCUT2D eigenvalue weighted by molar-refractivity contribution is 5.79. The summed E-state index contributed by atoms with van der Waals surface area (Å²) in [5.41, 5.74) is 0. The van der Waals surface area contributed by atoms with Crippen molar-refractivity contribution < 1.29 is 9.53 Å². The summed E-state index contributed by atoms with van der Waals surface area (Å²) >= 11 is 0. The van der Waals surface area contributed by atoms with Gasteiger partial charge in [-0.25, -0.2) is 0 Å². The fourth-order valence-corrected chi connectivity index (χ4v) is 1.50. The minimum atomic E-state index is 0.120. The van der Waals surface area contributed by atoms with E-state index in [4.69, 9.17) is 11.2 Å². The summed E-state index contributed by atoms with van der Waals surface area (Å²) in [6, 6.07) is 0. The Morgan fingerprint density at radius 3 is 3.08 bits per heavy atom. The third-order valence-corrected chi connectivity index (χ3v) is 2.23. The van der Waals surface area contributed by atoms with E-state index in [0.717, 1.165) is 19.5 Å². The van der Waals surface area contributed by atoms with Gasteiger partial charge in [0.15, 0.2) is 0 Å². The second-order valence-electron chi connectivity index (χ2n) is 3.25. The van der Waals surface area contributed by atoms with Crippen molar-refractivity contribution in [1.82, 2.24) is 4.90 Å². The molecule has 0 bridgehead atoms. The minimum absolute atomic E-state index is 0.120. The van der Waals surface area contributed by atoms with Gasteiger partial charge in [-0.15, -0.1) is 12.3 Å². The molecule has 3 nitrogen and oxygen atoms in total. The van der Waals surface area contributed by atoms with Crippen LogP contribution in [-0.4, -0.2) is 37.6 Å². The topological polar surface area (TPSA) is 29.5 Å². The molecule has 72 valence electrons. The summed E-state index contributed by atoms with van der Waals surface area (Å²) in [6.45, 7) is 2.19. The largest absolute Gasteiger partial charge is 0.385 e. The molecular weight excluding hydrogens is 166 g/mol. The molecule has 0 radical (unpaired) electrons. The van der Waals surface area contributed by atoms with Crippen molar-refractivity contribution in [2.24, 2.45) is 5.92 Å². The number of amides is 1. The Morgan fingerprint density at radius 1 is 1.77 bits per heavy atom. The first-order chi connectivity index (χ1) is 6.27. The van der Waals surface area contributed by atoms with Crippen molar-refractivity contribution in [2.45, 2.75) is 12.8 Å². The molecule has 3 heteroatoms. The molecular formula is C10H15NO2. The summed E-state index contributed by atoms with van der Waals surface area (Å²) in [5.74, 6) is 2.92. The molecule has 1 unspecified atom stereocenters. The number of hydrogen-bond acceptors (Lipinski definition) is 2. The molecule has 1 fully saturated rings. The molecule has 0 aromatic rings. The molecule has 1 heterocycles. The molecule has 1 amide bonds. The van der Waals surface area contributed by atoms with Crippen LogP contribution in [0.2, 0.25) is 0 Å². The lowest BCUT2D eigenvalue weighted by Crippen LogP contribution is -2.26. The summed E-state index contributed by atoms with van der Waals surface area (Å²) in [6.07, 6.45) is 6.67. The highest BCUT2D eigenvalue weighted by Crippen LogP contribution is 2.16. The zero-order chi connectivity index (χ0) is 9.68. The van der Waals surface area contributed by atoms with Gasteiger partial charge in [0.05, 0.1) is 0 Å². The SMILES string of the molecule is C#CC1CC(=O)N(CCCOC)C1. The molecule has 0 spiro atoms. The van der Waals surface area contributed by atoms with Crippen LogP contribution >= 0.6 is 0 Å². The first-order valence-electron chi connectivity index (χ1n) is 4.50. The smallest absolute Gasteiger partial charge is 0.223 e. The van der Waals surface area contributed by atoms with Crippen molar-refractivity contribution in [3.8, 4) is 12.3 Å². The number of nitrogens with zero attached hydrogens (tertiary/aromatic N) is 1. The fourth-order valence-electron chi connectivity index (χ4n) is 1.50. The lowest BCUT2D eigenvalue weighted by molar-refractivity contribution is -0.127. The molecule has 1 aliphatic rings. The van der Waals surface area contributed by atoms with E-state index < -0.39 is 0 Å². The second-order valence-corrected chi connectivity index (χ2v) is 3.25. The number of likely N-dealkylation sites (tertiary alicyclic amines) is 1. The minimum Gasteiger partial charge on any atom is -0.385 e. The number of hydrogen-bond donors (Lipinski definition) is 0. The Bertz CT molecular complexity index is 219. The van der Waals surface area contributed by atoms with Crippen molar-refractivity contribution in [1.29, 1.82) is 0 Å². The number of carbonyl (C=O) groups excluding carboxylic acids is 1. The van der Waals surface area contributed by atoms with E-state index in [1.807, 2.05) is 4.90 Å². The predicted octanol–water partition coefficient (Wildman–Crippen LogP) is 0.505. The summed E-state index contributed by atoms with van der Waals surface area (Å²) in [5, 5.41) is 0. The Balaban J connectivity index is 2.28. The molecule has 1 saturated heterocycles. The second kappa shape index (κ2) is 4.88. The average Bonchev–Trinajstić information content (AvgIpc) is 2.48. The standard InChI is InChI=1S/C10H15NO2/c1-3-9-7-10(12)11(8-9)5-4-6-13-2/h1,9H,4-8H2,2H3. The van der Waals surface area contributed by atoms with Crippen LogP contribution in [0.15, 0.2) is 0 Å². The van der Waals surface area contributed by atoms with Gasteiger partial charge in [-0.2, -0.15) is 0 Å². The predicted molar refractivity (Wildman–Crippen MR) is 50.0 cm³/mol. The van der Waals surface area contributed by atoms with E-state index in [-0.39, 0.29) is 11.8 Å². The fraction of sp³-hybridized carbons (Fsp3) is 0.700. The summed E-state index contributed by atoms with van der Waals surface area (Å²) in [4.78, 5) is 13.2. The lowest BCUT2D eigenvalue weighted by atomic mass is 10.1. The molecule has 1 aliphatic heterocycles. The zero-order valence-corrected chi connectivity index (χ0v) is 7.95. The van der Waals surface area contributed by atoms with Crippen LogP contribution in [0.3, 0.4) is 0 Å². The first-order valence-corrected chi connectivity index (χ1v) is 4.50. The van der Waals surface area contributed by atoms with Crippen molar-refractivity contribution in [2.75, 3.05) is 26.8 Å². The highest BCUT2D eigenvalue weighted by Gasteiger charge is 2.27. The number of methoxy groups -OCH3 is 1. The number of ether oxygens (including phenoxy) is 1. The van der Waals surface area contributed by atoms with Gasteiger partial charge in [0.1, 0.15) is 0 Å². The van der Waals surface area contributed by atoms with E-state index in [0.29, 0.717) is 13.0 Å². The van der Waals surface area contributed by atoms with Crippen LogP contribution in [0, 0.1) is 18.3 Å². The molecule has 0 aromatic heterocycles. The molecule has 0 aromatic carbocycles. The van der Waals surface area contributed by atoms with Gasteiger partial charge in [-0.05, 0) is 6.42 Å². The van der Waals surface area contributed by atoms with E-state index in [1.54, 1.807) is 7.11 Å². The van der Waals surface area contributed by atoms with Crippen molar-refractivity contribution in [3.05, 3.63) is 0 Å². The molecule has 13 heavy (non-hydrogen) atoms. The van der Waals surface area contributed by atoms with Crippen molar-refractivity contribution in [3.63, 3.8) is 0 Å². The number of rotatable bonds is 4. The van der Waals surface area contributed by atoms with Gasteiger partial charge < -0.3 is 9.64 Å². The molecule has 1 atom stereocenters. The van der Waals surface area contributed by atoms with Gasteiger partial charge in [0, 0.05) is 39.1 Å². The third kappa shape index (κ3) is 2.74. The van der Waals surface area contributed by atoms with E-state index in [9.17, 15) is 4.79 Å². The quantitative estimate of drug-likeness (QED) is 0.467. The van der Waals surface area contributed by atoms with Gasteiger partial charge >= 0.3 is 0 Å². The summed E-state index contributed by atoms with van der Waals surface area (Å²) < 4.78 is 4.91. The van der Waals surface area contributed by atoms with E-state index in [1.165, 1.54) is 0 Å². The van der Waals surface area contributed by atoms with Crippen LogP contribution in [-0.2, 0) is 9.53 Å². The van der Waals surface area contributed by atoms with Gasteiger partial charge in [-0.1, -0.05) is 0 Å². The Morgan fingerprint density at radius 2 is 2.54 bits per heavy atom. The van der Waals surface area contributed by atoms with Crippen LogP contribution in [0.4, 0.5) is 0 Å². The average molecular weight is 181 g/mol. The lowest BCUT2D eigenvalue weighted by Gasteiger charge is -2.14. The molecule has 0 aliphatic carbocycles. The molecule has 0 N–H and O–H groups in total.